The first kappa shape index (κ1) is 27.3. The monoisotopic (exact) mass is 550 g/mol. The molecule has 4 aliphatic rings. The van der Waals surface area contributed by atoms with Crippen LogP contribution in [-0.2, 0) is 6.42 Å². The van der Waals surface area contributed by atoms with Crippen LogP contribution >= 0.6 is 0 Å². The van der Waals surface area contributed by atoms with E-state index in [2.05, 4.69) is 43.9 Å². The second-order valence-electron chi connectivity index (χ2n) is 12.1. The number of halogens is 2. The molecule has 4 unspecified atom stereocenters. The Balaban J connectivity index is 0.000000271. The summed E-state index contributed by atoms with van der Waals surface area (Å²) in [4.78, 5) is 18.1. The van der Waals surface area contributed by atoms with Crippen LogP contribution in [0.3, 0.4) is 0 Å². The highest BCUT2D eigenvalue weighted by molar-refractivity contribution is 5.92. The van der Waals surface area contributed by atoms with Gasteiger partial charge in [0, 0.05) is 49.5 Å². The summed E-state index contributed by atoms with van der Waals surface area (Å²) in [6.07, 6.45) is 7.71. The highest BCUT2D eigenvalue weighted by atomic mass is 19.1. The van der Waals surface area contributed by atoms with Gasteiger partial charge in [-0.2, -0.15) is 9.97 Å². The molecular formula is C31H40F2N6O. The van der Waals surface area contributed by atoms with E-state index in [-0.39, 0.29) is 11.5 Å². The van der Waals surface area contributed by atoms with E-state index >= 15 is 4.39 Å². The molecule has 3 aromatic rings. The predicted octanol–water partition coefficient (Wildman–Crippen LogP) is 5.17. The number of fused-ring (bicyclic) bond motifs is 4. The Morgan fingerprint density at radius 3 is 2.58 bits per heavy atom. The van der Waals surface area contributed by atoms with Gasteiger partial charge in [-0.15, -0.1) is 0 Å². The molecule has 0 radical (unpaired) electrons. The van der Waals surface area contributed by atoms with Crippen molar-refractivity contribution in [3.63, 3.8) is 0 Å². The number of alkyl halides is 1. The molecule has 1 N–H and O–H groups in total. The summed E-state index contributed by atoms with van der Waals surface area (Å²) >= 11 is 0. The number of ether oxygens (including phenoxy) is 1. The minimum atomic E-state index is -0.518. The quantitative estimate of drug-likeness (QED) is 0.470. The van der Waals surface area contributed by atoms with Crippen molar-refractivity contribution in [2.75, 3.05) is 38.2 Å². The van der Waals surface area contributed by atoms with Crippen molar-refractivity contribution >= 4 is 16.7 Å². The molecule has 7 nitrogen and oxygen atoms in total. The van der Waals surface area contributed by atoms with Crippen molar-refractivity contribution in [1.29, 1.82) is 0 Å². The zero-order chi connectivity index (χ0) is 27.8. The largest absolute Gasteiger partial charge is 0.467 e. The first-order valence-corrected chi connectivity index (χ1v) is 14.8. The summed E-state index contributed by atoms with van der Waals surface area (Å²) in [5.41, 5.74) is 2.49. The minimum absolute atomic E-state index is 0.180. The zero-order valence-corrected chi connectivity index (χ0v) is 23.7. The smallest absolute Gasteiger partial charge is 0.318 e. The van der Waals surface area contributed by atoms with E-state index in [1.165, 1.54) is 20.0 Å². The van der Waals surface area contributed by atoms with E-state index in [9.17, 15) is 4.39 Å². The lowest BCUT2D eigenvalue weighted by molar-refractivity contribution is 0.292. The first-order chi connectivity index (χ1) is 19.4. The topological polar surface area (TPSA) is 66.4 Å². The molecule has 9 heteroatoms. The van der Waals surface area contributed by atoms with Crippen LogP contribution in [0.1, 0.15) is 51.5 Å². The van der Waals surface area contributed by atoms with E-state index in [1.807, 2.05) is 24.3 Å². The van der Waals surface area contributed by atoms with Gasteiger partial charge in [0.15, 0.2) is 5.82 Å². The Labute approximate surface area is 235 Å². The Kier molecular flexibility index (Phi) is 7.86. The van der Waals surface area contributed by atoms with Gasteiger partial charge in [-0.3, -0.25) is 9.88 Å². The second-order valence-corrected chi connectivity index (χ2v) is 12.1. The van der Waals surface area contributed by atoms with Gasteiger partial charge in [0.05, 0.1) is 12.5 Å². The molecule has 4 saturated heterocycles. The highest BCUT2D eigenvalue weighted by Crippen LogP contribution is 2.35. The molecule has 6 heterocycles. The molecule has 7 rings (SSSR count). The van der Waals surface area contributed by atoms with Crippen LogP contribution in [0.2, 0.25) is 0 Å². The normalized spacial score (nSPS) is 25.8. The number of pyridine rings is 1. The van der Waals surface area contributed by atoms with Gasteiger partial charge < -0.3 is 15.0 Å². The third-order valence-corrected chi connectivity index (χ3v) is 8.70. The van der Waals surface area contributed by atoms with Crippen LogP contribution in [0.25, 0.3) is 22.2 Å². The lowest BCUT2D eigenvalue weighted by atomic mass is 9.95. The number of nitrogens with zero attached hydrogens (tertiary/aromatic N) is 5. The number of rotatable bonds is 5. The van der Waals surface area contributed by atoms with Gasteiger partial charge in [-0.05, 0) is 56.6 Å². The SMILES string of the molecule is COc1nc(N2CC3CCC(C2)N3)c2cnc(-c3ccccc3CC(C)C)c(F)c2n1.FC1CC2CCCN2C1. The van der Waals surface area contributed by atoms with Gasteiger partial charge in [0.1, 0.15) is 23.2 Å². The molecule has 2 aromatic heterocycles. The van der Waals surface area contributed by atoms with Crippen LogP contribution in [0.15, 0.2) is 30.5 Å². The summed E-state index contributed by atoms with van der Waals surface area (Å²) in [6, 6.07) is 9.56. The fraction of sp³-hybridized carbons (Fsp3) is 0.581. The minimum Gasteiger partial charge on any atom is -0.467 e. The average molecular weight is 551 g/mol. The third kappa shape index (κ3) is 5.50. The van der Waals surface area contributed by atoms with Crippen molar-refractivity contribution < 1.29 is 13.5 Å². The van der Waals surface area contributed by atoms with Gasteiger partial charge in [0.2, 0.25) is 0 Å². The lowest BCUT2D eigenvalue weighted by Gasteiger charge is -2.34. The standard InChI is InChI=1S/C24H28FN5O.C7H12FN/c1-14(2)10-15-6-4-5-7-18(15)21-20(25)22-19(11-26-21)23(29-24(28-22)31-3)30-12-16-8-9-17(13-30)27-16;8-6-4-7-2-1-3-9(7)5-6/h4-7,11,14,16-17,27H,8-10,12-13H2,1-3H3;6-7H,1-5H2. The maximum Gasteiger partial charge on any atom is 0.318 e. The highest BCUT2D eigenvalue weighted by Gasteiger charge is 2.35. The van der Waals surface area contributed by atoms with Crippen molar-refractivity contribution in [2.24, 2.45) is 5.92 Å². The van der Waals surface area contributed by atoms with Crippen LogP contribution in [-0.4, -0.2) is 77.4 Å². The molecule has 0 amide bonds. The van der Waals surface area contributed by atoms with E-state index < -0.39 is 12.0 Å². The van der Waals surface area contributed by atoms with Crippen LogP contribution in [0.4, 0.5) is 14.6 Å². The predicted molar refractivity (Wildman–Crippen MR) is 154 cm³/mol. The number of hydrogen-bond donors (Lipinski definition) is 1. The lowest BCUT2D eigenvalue weighted by Crippen LogP contribution is -2.51. The molecule has 1 aromatic carbocycles. The number of methoxy groups -OCH3 is 1. The van der Waals surface area contributed by atoms with E-state index in [4.69, 9.17) is 4.74 Å². The molecule has 214 valence electrons. The molecule has 0 saturated carbocycles. The van der Waals surface area contributed by atoms with Crippen molar-refractivity contribution in [2.45, 2.75) is 76.7 Å². The summed E-state index contributed by atoms with van der Waals surface area (Å²) < 4.78 is 33.8. The molecular weight excluding hydrogens is 510 g/mol. The Morgan fingerprint density at radius 1 is 1.07 bits per heavy atom. The zero-order valence-electron chi connectivity index (χ0n) is 23.7. The van der Waals surface area contributed by atoms with Crippen molar-refractivity contribution in [3.05, 3.63) is 41.8 Å². The summed E-state index contributed by atoms with van der Waals surface area (Å²) in [6.45, 7) is 7.85. The first-order valence-electron chi connectivity index (χ1n) is 14.8. The number of anilines is 1. The van der Waals surface area contributed by atoms with Gasteiger partial charge in [0.25, 0.3) is 0 Å². The third-order valence-electron chi connectivity index (χ3n) is 8.70. The van der Waals surface area contributed by atoms with Crippen LogP contribution in [0.5, 0.6) is 6.01 Å². The molecule has 40 heavy (non-hydrogen) atoms. The molecule has 2 bridgehead atoms. The van der Waals surface area contributed by atoms with Gasteiger partial charge >= 0.3 is 6.01 Å². The maximum absolute atomic E-state index is 15.9. The molecule has 0 aliphatic carbocycles. The van der Waals surface area contributed by atoms with Gasteiger partial charge in [-0.25, -0.2) is 8.78 Å². The van der Waals surface area contributed by atoms with Crippen molar-refractivity contribution in [1.82, 2.24) is 25.2 Å². The number of aromatic nitrogens is 3. The maximum atomic E-state index is 15.9. The molecule has 4 aliphatic heterocycles. The van der Waals surface area contributed by atoms with Crippen molar-refractivity contribution in [3.8, 4) is 17.3 Å². The van der Waals surface area contributed by atoms with Crippen LogP contribution < -0.4 is 15.0 Å². The molecule has 4 atom stereocenters. The fourth-order valence-corrected chi connectivity index (χ4v) is 6.91. The number of nitrogens with one attached hydrogen (secondary N) is 1. The Morgan fingerprint density at radius 2 is 1.85 bits per heavy atom. The second kappa shape index (κ2) is 11.5. The fourth-order valence-electron chi connectivity index (χ4n) is 6.91. The van der Waals surface area contributed by atoms with Gasteiger partial charge in [-0.1, -0.05) is 38.1 Å². The number of piperazine rings is 1. The number of hydrogen-bond acceptors (Lipinski definition) is 7. The summed E-state index contributed by atoms with van der Waals surface area (Å²) in [7, 11) is 1.52. The van der Waals surface area contributed by atoms with E-state index in [0.29, 0.717) is 47.5 Å². The van der Waals surface area contributed by atoms with Crippen LogP contribution in [0, 0.1) is 11.7 Å². The molecule has 4 fully saturated rings. The summed E-state index contributed by atoms with van der Waals surface area (Å²) in [5.74, 6) is 0.740. The average Bonchev–Trinajstić information content (AvgIpc) is 3.63. The van der Waals surface area contributed by atoms with E-state index in [1.54, 1.807) is 6.20 Å². The van der Waals surface area contributed by atoms with E-state index in [0.717, 1.165) is 56.4 Å². The summed E-state index contributed by atoms with van der Waals surface area (Å²) in [5, 5.41) is 4.25. The number of benzene rings is 1. The Bertz CT molecular complexity index is 1330. The molecule has 0 spiro atoms. The Hall–Kier alpha value is -2.91.